The molecule has 0 aliphatic carbocycles. The van der Waals surface area contributed by atoms with E-state index in [0.29, 0.717) is 23.4 Å². The van der Waals surface area contributed by atoms with E-state index >= 15 is 0 Å². The Hall–Kier alpha value is -2.47. The highest BCUT2D eigenvalue weighted by atomic mass is 16.5. The van der Waals surface area contributed by atoms with Gasteiger partial charge in [-0.05, 0) is 50.5 Å². The molecular formula is C20H23NO5. The second-order valence-electron chi connectivity index (χ2n) is 6.94. The van der Waals surface area contributed by atoms with Crippen molar-refractivity contribution < 1.29 is 23.9 Å². The number of hydrogen-bond donors (Lipinski definition) is 0. The van der Waals surface area contributed by atoms with Crippen molar-refractivity contribution >= 4 is 23.5 Å². The van der Waals surface area contributed by atoms with E-state index in [9.17, 15) is 14.4 Å². The third-order valence-corrected chi connectivity index (χ3v) is 5.11. The predicted octanol–water partition coefficient (Wildman–Crippen LogP) is 2.87. The van der Waals surface area contributed by atoms with E-state index < -0.39 is 5.97 Å². The van der Waals surface area contributed by atoms with Gasteiger partial charge in [-0.2, -0.15) is 0 Å². The van der Waals surface area contributed by atoms with Crippen LogP contribution in [0.4, 0.5) is 5.69 Å². The first-order valence-corrected chi connectivity index (χ1v) is 8.87. The summed E-state index contributed by atoms with van der Waals surface area (Å²) in [4.78, 5) is 37.1. The smallest absolute Gasteiger partial charge is 0.338 e. The van der Waals surface area contributed by atoms with Crippen molar-refractivity contribution in [2.75, 3.05) is 24.7 Å². The van der Waals surface area contributed by atoms with Crippen LogP contribution < -0.4 is 4.90 Å². The zero-order valence-electron chi connectivity index (χ0n) is 15.1. The molecule has 6 heteroatoms. The van der Waals surface area contributed by atoms with Gasteiger partial charge in [0, 0.05) is 17.1 Å². The van der Waals surface area contributed by atoms with E-state index in [1.807, 2.05) is 0 Å². The molecule has 0 unspecified atom stereocenters. The Morgan fingerprint density at radius 2 is 1.92 bits per heavy atom. The lowest BCUT2D eigenvalue weighted by Gasteiger charge is -2.41. The monoisotopic (exact) mass is 357 g/mol. The lowest BCUT2D eigenvalue weighted by atomic mass is 9.79. The van der Waals surface area contributed by atoms with Gasteiger partial charge in [0.2, 0.25) is 0 Å². The van der Waals surface area contributed by atoms with Crippen molar-refractivity contribution in [1.82, 2.24) is 0 Å². The number of ether oxygens (including phenoxy) is 2. The van der Waals surface area contributed by atoms with Gasteiger partial charge < -0.3 is 9.47 Å². The Balaban J connectivity index is 1.51. The van der Waals surface area contributed by atoms with Crippen LogP contribution in [0.5, 0.6) is 0 Å². The van der Waals surface area contributed by atoms with Gasteiger partial charge in [-0.25, -0.2) is 9.69 Å². The van der Waals surface area contributed by atoms with Crippen LogP contribution in [0.1, 0.15) is 43.5 Å². The molecule has 6 nitrogen and oxygen atoms in total. The molecule has 3 rings (SSSR count). The Morgan fingerprint density at radius 3 is 2.42 bits per heavy atom. The van der Waals surface area contributed by atoms with Crippen LogP contribution in [-0.2, 0) is 19.1 Å². The summed E-state index contributed by atoms with van der Waals surface area (Å²) in [6.07, 6.45) is 4.18. The summed E-state index contributed by atoms with van der Waals surface area (Å²) in [6, 6.07) is 6.30. The average Bonchev–Trinajstić information content (AvgIpc) is 2.86. The maximum atomic E-state index is 12.1. The van der Waals surface area contributed by atoms with Crippen LogP contribution in [0.15, 0.2) is 35.9 Å². The lowest BCUT2D eigenvalue weighted by molar-refractivity contribution is -0.121. The molecule has 0 aromatic heterocycles. The van der Waals surface area contributed by atoms with E-state index in [-0.39, 0.29) is 17.2 Å². The molecule has 0 N–H and O–H groups in total. The Kier molecular flexibility index (Phi) is 5.23. The van der Waals surface area contributed by atoms with E-state index in [1.165, 1.54) is 6.08 Å². The molecule has 0 spiro atoms. The third kappa shape index (κ3) is 3.55. The fourth-order valence-corrected chi connectivity index (χ4v) is 3.19. The fourth-order valence-electron chi connectivity index (χ4n) is 3.19. The van der Waals surface area contributed by atoms with E-state index in [1.54, 1.807) is 31.2 Å². The molecule has 2 heterocycles. The van der Waals surface area contributed by atoms with Crippen molar-refractivity contribution in [2.24, 2.45) is 5.41 Å². The number of carbonyl (C=O) groups is 3. The molecule has 2 aliphatic heterocycles. The van der Waals surface area contributed by atoms with Gasteiger partial charge in [0.1, 0.15) is 0 Å². The van der Waals surface area contributed by atoms with Gasteiger partial charge in [0.15, 0.2) is 0 Å². The minimum absolute atomic E-state index is 0.259. The summed E-state index contributed by atoms with van der Waals surface area (Å²) in [7, 11) is 0. The second kappa shape index (κ2) is 7.41. The number of hydrogen-bond acceptors (Lipinski definition) is 5. The largest absolute Gasteiger partial charge is 0.462 e. The van der Waals surface area contributed by atoms with Crippen LogP contribution in [-0.4, -0.2) is 37.6 Å². The van der Waals surface area contributed by atoms with Crippen LogP contribution in [0.25, 0.3) is 0 Å². The van der Waals surface area contributed by atoms with Crippen LogP contribution in [0, 0.1) is 5.41 Å². The topological polar surface area (TPSA) is 72.9 Å². The second-order valence-corrected chi connectivity index (χ2v) is 6.94. The third-order valence-electron chi connectivity index (χ3n) is 5.11. The molecule has 138 valence electrons. The Labute approximate surface area is 152 Å². The van der Waals surface area contributed by atoms with Gasteiger partial charge in [-0.1, -0.05) is 6.92 Å². The average molecular weight is 357 g/mol. The maximum absolute atomic E-state index is 12.1. The summed E-state index contributed by atoms with van der Waals surface area (Å²) in [5, 5.41) is 0. The number of anilines is 1. The summed E-state index contributed by atoms with van der Waals surface area (Å²) in [5.41, 5.74) is 1.50. The molecule has 0 saturated carbocycles. The molecule has 2 amide bonds. The predicted molar refractivity (Wildman–Crippen MR) is 95.8 cm³/mol. The standard InChI is InChI=1S/C20H23NO5/c1-3-20(12-25-13-20)9-4-10-26-19(24)15-5-7-16(8-6-15)21-17(22)11-14(2)18(21)23/h5-8,11H,3-4,9-10,12-13H2,1-2H3. The van der Waals surface area contributed by atoms with Gasteiger partial charge in [-0.15, -0.1) is 0 Å². The summed E-state index contributed by atoms with van der Waals surface area (Å²) in [5.74, 6) is -1.11. The van der Waals surface area contributed by atoms with Gasteiger partial charge in [-0.3, -0.25) is 9.59 Å². The molecule has 1 saturated heterocycles. The molecule has 0 bridgehead atoms. The van der Waals surface area contributed by atoms with Crippen molar-refractivity contribution in [1.29, 1.82) is 0 Å². The van der Waals surface area contributed by atoms with Crippen LogP contribution in [0.3, 0.4) is 0 Å². The summed E-state index contributed by atoms with van der Waals surface area (Å²) in [6.45, 7) is 5.71. The van der Waals surface area contributed by atoms with Gasteiger partial charge in [0.05, 0.1) is 31.1 Å². The molecule has 26 heavy (non-hydrogen) atoms. The fraction of sp³-hybridized carbons (Fsp3) is 0.450. The van der Waals surface area contributed by atoms with E-state index in [2.05, 4.69) is 6.92 Å². The molecule has 1 fully saturated rings. The Morgan fingerprint density at radius 1 is 1.23 bits per heavy atom. The highest BCUT2D eigenvalue weighted by Crippen LogP contribution is 2.35. The summed E-state index contributed by atoms with van der Waals surface area (Å²) < 4.78 is 10.6. The normalized spacial score (nSPS) is 18.5. The number of rotatable bonds is 7. The van der Waals surface area contributed by atoms with E-state index in [0.717, 1.165) is 37.4 Å². The molecule has 1 aromatic rings. The zero-order chi connectivity index (χ0) is 18.7. The van der Waals surface area contributed by atoms with Crippen LogP contribution in [0.2, 0.25) is 0 Å². The highest BCUT2D eigenvalue weighted by molar-refractivity contribution is 6.30. The number of esters is 1. The van der Waals surface area contributed by atoms with Crippen molar-refractivity contribution in [3.05, 3.63) is 41.5 Å². The first kappa shape index (κ1) is 18.3. The first-order valence-electron chi connectivity index (χ1n) is 8.87. The van der Waals surface area contributed by atoms with Crippen molar-refractivity contribution in [3.63, 3.8) is 0 Å². The quantitative estimate of drug-likeness (QED) is 0.426. The number of benzene rings is 1. The molecule has 0 radical (unpaired) electrons. The number of carbonyl (C=O) groups excluding carboxylic acids is 3. The molecule has 0 atom stereocenters. The van der Waals surface area contributed by atoms with Crippen LogP contribution >= 0.6 is 0 Å². The first-order chi connectivity index (χ1) is 12.5. The minimum Gasteiger partial charge on any atom is -0.462 e. The summed E-state index contributed by atoms with van der Waals surface area (Å²) >= 11 is 0. The SMILES string of the molecule is CCC1(CCCOC(=O)c2ccc(N3C(=O)C=C(C)C3=O)cc2)COC1. The molecular weight excluding hydrogens is 334 g/mol. The lowest BCUT2D eigenvalue weighted by Crippen LogP contribution is -2.42. The molecule has 1 aromatic carbocycles. The van der Waals surface area contributed by atoms with E-state index in [4.69, 9.17) is 9.47 Å². The van der Waals surface area contributed by atoms with Crippen molar-refractivity contribution in [2.45, 2.75) is 33.1 Å². The van der Waals surface area contributed by atoms with Gasteiger partial charge >= 0.3 is 5.97 Å². The number of nitrogens with zero attached hydrogens (tertiary/aromatic N) is 1. The van der Waals surface area contributed by atoms with Crippen molar-refractivity contribution in [3.8, 4) is 0 Å². The number of amides is 2. The Bertz CT molecular complexity index is 740. The molecule has 2 aliphatic rings. The zero-order valence-corrected chi connectivity index (χ0v) is 15.1. The van der Waals surface area contributed by atoms with Gasteiger partial charge in [0.25, 0.3) is 11.8 Å². The highest BCUT2D eigenvalue weighted by Gasteiger charge is 2.36. The number of imide groups is 1. The maximum Gasteiger partial charge on any atom is 0.338 e. The minimum atomic E-state index is -0.402.